The lowest BCUT2D eigenvalue weighted by Crippen LogP contribution is -2.56. The highest BCUT2D eigenvalue weighted by Crippen LogP contribution is 2.32. The van der Waals surface area contributed by atoms with Crippen molar-refractivity contribution in [2.75, 3.05) is 25.4 Å². The van der Waals surface area contributed by atoms with Crippen molar-refractivity contribution in [3.8, 4) is 0 Å². The van der Waals surface area contributed by atoms with E-state index in [2.05, 4.69) is 10.2 Å². The summed E-state index contributed by atoms with van der Waals surface area (Å²) in [4.78, 5) is 27.6. The summed E-state index contributed by atoms with van der Waals surface area (Å²) < 4.78 is 24.5. The molecule has 0 aromatic heterocycles. The Morgan fingerprint density at radius 3 is 2.54 bits per heavy atom. The van der Waals surface area contributed by atoms with Gasteiger partial charge in [0.2, 0.25) is 0 Å². The van der Waals surface area contributed by atoms with Crippen molar-refractivity contribution >= 4 is 21.8 Å². The number of nitrogens with one attached hydrogen (secondary N) is 1. The maximum Gasteiger partial charge on any atom is 0.325 e. The number of hydrogen-bond donors (Lipinski definition) is 1. The number of rotatable bonds is 4. The molecule has 3 amide bonds. The average Bonchev–Trinajstić information content (AvgIpc) is 2.71. The number of amides is 3. The largest absolute Gasteiger partial charge is 0.325 e. The first-order valence-corrected chi connectivity index (χ1v) is 10.5. The van der Waals surface area contributed by atoms with Crippen LogP contribution in [0.1, 0.15) is 46.0 Å². The molecule has 1 aliphatic carbocycles. The van der Waals surface area contributed by atoms with Crippen LogP contribution in [-0.4, -0.2) is 72.4 Å². The summed E-state index contributed by atoms with van der Waals surface area (Å²) in [5.41, 5.74) is -0.829. The smallest absolute Gasteiger partial charge is 0.324 e. The summed E-state index contributed by atoms with van der Waals surface area (Å²) in [7, 11) is -2.96. The van der Waals surface area contributed by atoms with E-state index in [0.29, 0.717) is 19.5 Å². The highest BCUT2D eigenvalue weighted by Gasteiger charge is 2.45. The van der Waals surface area contributed by atoms with Crippen molar-refractivity contribution in [2.45, 2.75) is 62.8 Å². The van der Waals surface area contributed by atoms with Crippen molar-refractivity contribution in [2.24, 2.45) is 0 Å². The third kappa shape index (κ3) is 3.18. The van der Waals surface area contributed by atoms with Gasteiger partial charge in [0.15, 0.2) is 9.84 Å². The summed E-state index contributed by atoms with van der Waals surface area (Å²) in [6.45, 7) is 5.09. The van der Waals surface area contributed by atoms with Crippen molar-refractivity contribution in [1.29, 1.82) is 0 Å². The molecule has 3 rings (SSSR count). The quantitative estimate of drug-likeness (QED) is 0.750. The number of fused-ring (bicyclic) bond motifs is 1. The summed E-state index contributed by atoms with van der Waals surface area (Å²) >= 11 is 0. The van der Waals surface area contributed by atoms with Crippen LogP contribution < -0.4 is 5.32 Å². The number of nitrogens with zero attached hydrogens (tertiary/aromatic N) is 2. The van der Waals surface area contributed by atoms with Gasteiger partial charge in [0.1, 0.15) is 5.54 Å². The number of carbonyl (C=O) groups is 2. The summed E-state index contributed by atoms with van der Waals surface area (Å²) in [5.74, 6) is 0.0360. The van der Waals surface area contributed by atoms with Crippen LogP contribution in [-0.2, 0) is 14.6 Å². The molecular formula is C16H27N3O4S. The van der Waals surface area contributed by atoms with Gasteiger partial charge in [-0.15, -0.1) is 0 Å². The van der Waals surface area contributed by atoms with Gasteiger partial charge in [0.25, 0.3) is 5.91 Å². The fourth-order valence-corrected chi connectivity index (χ4v) is 6.31. The Morgan fingerprint density at radius 1 is 1.17 bits per heavy atom. The van der Waals surface area contributed by atoms with Crippen LogP contribution in [0.2, 0.25) is 0 Å². The van der Waals surface area contributed by atoms with Crippen molar-refractivity contribution in [3.63, 3.8) is 0 Å². The molecular weight excluding hydrogens is 330 g/mol. The lowest BCUT2D eigenvalue weighted by Gasteiger charge is -2.43. The fraction of sp³-hybridized carbons (Fsp3) is 0.875. The van der Waals surface area contributed by atoms with E-state index in [1.807, 2.05) is 0 Å². The molecule has 2 aliphatic heterocycles. The predicted molar refractivity (Wildman–Crippen MR) is 90.3 cm³/mol. The monoisotopic (exact) mass is 357 g/mol. The van der Waals surface area contributed by atoms with E-state index in [1.165, 1.54) is 4.90 Å². The van der Waals surface area contributed by atoms with Gasteiger partial charge in [-0.1, -0.05) is 12.8 Å². The van der Waals surface area contributed by atoms with Crippen molar-refractivity contribution in [3.05, 3.63) is 0 Å². The molecule has 0 aromatic rings. The molecule has 7 nitrogen and oxygen atoms in total. The van der Waals surface area contributed by atoms with E-state index in [1.54, 1.807) is 13.8 Å². The minimum Gasteiger partial charge on any atom is -0.324 e. The van der Waals surface area contributed by atoms with Crippen molar-refractivity contribution < 1.29 is 18.0 Å². The second kappa shape index (κ2) is 6.29. The van der Waals surface area contributed by atoms with Gasteiger partial charge in [0.05, 0.1) is 11.0 Å². The minimum atomic E-state index is -2.96. The molecule has 0 bridgehead atoms. The van der Waals surface area contributed by atoms with E-state index in [4.69, 9.17) is 0 Å². The number of imide groups is 1. The van der Waals surface area contributed by atoms with Gasteiger partial charge in [-0.3, -0.25) is 14.6 Å². The average molecular weight is 357 g/mol. The van der Waals surface area contributed by atoms with Crippen LogP contribution in [0, 0.1) is 0 Å². The predicted octanol–water partition coefficient (Wildman–Crippen LogP) is 0.749. The second-order valence-electron chi connectivity index (χ2n) is 7.66. The van der Waals surface area contributed by atoms with Gasteiger partial charge in [-0.05, 0) is 33.1 Å². The van der Waals surface area contributed by atoms with Gasteiger partial charge in [-0.2, -0.15) is 0 Å². The van der Waals surface area contributed by atoms with Crippen LogP contribution in [0.5, 0.6) is 0 Å². The Bertz CT molecular complexity index is 631. The molecule has 136 valence electrons. The first-order valence-electron chi connectivity index (χ1n) is 8.82. The number of hydrogen-bond acceptors (Lipinski definition) is 5. The van der Waals surface area contributed by atoms with Gasteiger partial charge < -0.3 is 5.32 Å². The Kier molecular flexibility index (Phi) is 4.63. The number of sulfone groups is 1. The van der Waals surface area contributed by atoms with E-state index in [0.717, 1.165) is 32.2 Å². The van der Waals surface area contributed by atoms with E-state index in [-0.39, 0.29) is 29.0 Å². The minimum absolute atomic E-state index is 0.108. The number of urea groups is 1. The maximum absolute atomic E-state index is 12.3. The molecule has 8 heteroatoms. The zero-order valence-electron chi connectivity index (χ0n) is 14.5. The third-order valence-corrected chi connectivity index (χ3v) is 7.76. The van der Waals surface area contributed by atoms with E-state index >= 15 is 0 Å². The zero-order valence-corrected chi connectivity index (χ0v) is 15.3. The lowest BCUT2D eigenvalue weighted by atomic mass is 9.93. The molecule has 2 heterocycles. The summed E-state index contributed by atoms with van der Waals surface area (Å²) in [6, 6.07) is -0.223. The normalized spacial score (nSPS) is 32.5. The van der Waals surface area contributed by atoms with Gasteiger partial charge >= 0.3 is 6.03 Å². The molecule has 2 atom stereocenters. The molecule has 3 fully saturated rings. The maximum atomic E-state index is 12.3. The summed E-state index contributed by atoms with van der Waals surface area (Å²) in [5, 5.41) is 2.46. The Hall–Kier alpha value is -1.15. The van der Waals surface area contributed by atoms with Crippen LogP contribution in [0.3, 0.4) is 0 Å². The van der Waals surface area contributed by atoms with Crippen LogP contribution in [0.25, 0.3) is 0 Å². The molecule has 2 saturated heterocycles. The Morgan fingerprint density at radius 2 is 1.88 bits per heavy atom. The zero-order chi connectivity index (χ0) is 17.5. The highest BCUT2D eigenvalue weighted by atomic mass is 32.2. The molecule has 24 heavy (non-hydrogen) atoms. The molecule has 0 radical (unpaired) electrons. The Balaban J connectivity index is 1.57. The highest BCUT2D eigenvalue weighted by molar-refractivity contribution is 7.92. The standard InChI is InChI=1S/C16H27N3O4S/c1-16(2)14(20)19(15(21)17-16)9-5-8-18-10-11-24(22,23)13-7-4-3-6-12(13)18/h12-13H,3-11H2,1-2H3,(H,17,21). The topological polar surface area (TPSA) is 86.8 Å². The van der Waals surface area contributed by atoms with E-state index in [9.17, 15) is 18.0 Å². The first kappa shape index (κ1) is 17.7. The van der Waals surface area contributed by atoms with Gasteiger partial charge in [-0.25, -0.2) is 13.2 Å². The Labute approximate surface area is 143 Å². The molecule has 3 aliphatic rings. The summed E-state index contributed by atoms with van der Waals surface area (Å²) in [6.07, 6.45) is 4.45. The molecule has 0 spiro atoms. The third-order valence-electron chi connectivity index (χ3n) is 5.53. The van der Waals surface area contributed by atoms with E-state index < -0.39 is 15.4 Å². The van der Waals surface area contributed by atoms with Gasteiger partial charge in [0, 0.05) is 25.7 Å². The second-order valence-corrected chi connectivity index (χ2v) is 10.00. The number of carbonyl (C=O) groups excluding carboxylic acids is 2. The van der Waals surface area contributed by atoms with Crippen LogP contribution in [0.15, 0.2) is 0 Å². The lowest BCUT2D eigenvalue weighted by molar-refractivity contribution is -0.130. The SMILES string of the molecule is CC1(C)NC(=O)N(CCCN2CCS(=O)(=O)C3CCCCC32)C1=O. The molecule has 1 saturated carbocycles. The first-order chi connectivity index (χ1) is 11.2. The van der Waals surface area contributed by atoms with Crippen LogP contribution in [0.4, 0.5) is 4.79 Å². The van der Waals surface area contributed by atoms with Crippen LogP contribution >= 0.6 is 0 Å². The van der Waals surface area contributed by atoms with Crippen molar-refractivity contribution in [1.82, 2.24) is 15.1 Å². The molecule has 0 aromatic carbocycles. The molecule has 2 unspecified atom stereocenters. The fourth-order valence-electron chi connectivity index (χ4n) is 4.21. The molecule has 1 N–H and O–H groups in total.